The van der Waals surface area contributed by atoms with Gasteiger partial charge in [0, 0.05) is 17.7 Å². The number of phenolic OH excluding ortho intramolecular Hbond substituents is 1. The Kier molecular flexibility index (Phi) is 6.49. The van der Waals surface area contributed by atoms with E-state index in [1.165, 1.54) is 0 Å². The van der Waals surface area contributed by atoms with Crippen molar-refractivity contribution in [2.75, 3.05) is 0 Å². The number of hydrogen-bond donors (Lipinski definition) is 2. The van der Waals surface area contributed by atoms with Crippen LogP contribution in [0.1, 0.15) is 42.4 Å². The third-order valence-corrected chi connectivity index (χ3v) is 4.71. The standard InChI is InChI=1S/C22H26N4O3/c1-15(2)16(3)23-22(28)18-9-7-17(8-10-18)12-26-13-19(24-25-26)14-29-21-6-4-5-20(27)11-21/h4-11,13,15-16,27H,12,14H2,1-3H3,(H,23,28). The second kappa shape index (κ2) is 9.23. The Bertz CT molecular complexity index is 951. The van der Waals surface area contributed by atoms with Crippen LogP contribution in [0.15, 0.2) is 54.7 Å². The lowest BCUT2D eigenvalue weighted by Gasteiger charge is -2.17. The van der Waals surface area contributed by atoms with Crippen LogP contribution in [0.2, 0.25) is 0 Å². The van der Waals surface area contributed by atoms with E-state index in [1.807, 2.05) is 37.4 Å². The quantitative estimate of drug-likeness (QED) is 0.611. The number of aromatic nitrogens is 3. The van der Waals surface area contributed by atoms with Gasteiger partial charge >= 0.3 is 0 Å². The second-order valence-corrected chi connectivity index (χ2v) is 7.40. The lowest BCUT2D eigenvalue weighted by molar-refractivity contribution is 0.0930. The van der Waals surface area contributed by atoms with E-state index in [0.717, 1.165) is 5.56 Å². The third-order valence-electron chi connectivity index (χ3n) is 4.71. The van der Waals surface area contributed by atoms with Crippen molar-refractivity contribution < 1.29 is 14.6 Å². The van der Waals surface area contributed by atoms with Gasteiger partial charge in [-0.2, -0.15) is 0 Å². The molecule has 2 aromatic carbocycles. The van der Waals surface area contributed by atoms with Gasteiger partial charge in [-0.3, -0.25) is 4.79 Å². The number of rotatable bonds is 8. The van der Waals surface area contributed by atoms with Gasteiger partial charge in [0.05, 0.1) is 12.7 Å². The largest absolute Gasteiger partial charge is 0.508 e. The zero-order valence-electron chi connectivity index (χ0n) is 16.9. The van der Waals surface area contributed by atoms with Crippen molar-refractivity contribution in [3.8, 4) is 11.5 Å². The molecule has 3 rings (SSSR count). The highest BCUT2D eigenvalue weighted by molar-refractivity contribution is 5.94. The van der Waals surface area contributed by atoms with Crippen LogP contribution in [-0.2, 0) is 13.2 Å². The smallest absolute Gasteiger partial charge is 0.251 e. The summed E-state index contributed by atoms with van der Waals surface area (Å²) < 4.78 is 7.33. The Morgan fingerprint density at radius 2 is 1.93 bits per heavy atom. The minimum absolute atomic E-state index is 0.0649. The van der Waals surface area contributed by atoms with Gasteiger partial charge < -0.3 is 15.2 Å². The lowest BCUT2D eigenvalue weighted by atomic mass is 10.1. The van der Waals surface area contributed by atoms with Gasteiger partial charge in [-0.05, 0) is 42.7 Å². The Labute approximate surface area is 170 Å². The van der Waals surface area contributed by atoms with E-state index in [4.69, 9.17) is 4.74 Å². The molecule has 1 amide bonds. The molecule has 29 heavy (non-hydrogen) atoms. The maximum absolute atomic E-state index is 12.3. The summed E-state index contributed by atoms with van der Waals surface area (Å²) in [7, 11) is 0. The van der Waals surface area contributed by atoms with Crippen molar-refractivity contribution in [1.82, 2.24) is 20.3 Å². The van der Waals surface area contributed by atoms with Gasteiger partial charge in [-0.1, -0.05) is 37.3 Å². The van der Waals surface area contributed by atoms with Crippen molar-refractivity contribution in [2.45, 2.75) is 40.0 Å². The van der Waals surface area contributed by atoms with Crippen molar-refractivity contribution in [3.63, 3.8) is 0 Å². The first-order valence-corrected chi connectivity index (χ1v) is 9.61. The van der Waals surface area contributed by atoms with Crippen LogP contribution in [-0.4, -0.2) is 32.0 Å². The van der Waals surface area contributed by atoms with Crippen LogP contribution in [0, 0.1) is 5.92 Å². The first-order valence-electron chi connectivity index (χ1n) is 9.61. The van der Waals surface area contributed by atoms with Crippen LogP contribution < -0.4 is 10.1 Å². The van der Waals surface area contributed by atoms with E-state index >= 15 is 0 Å². The second-order valence-electron chi connectivity index (χ2n) is 7.40. The summed E-state index contributed by atoms with van der Waals surface area (Å²) in [5.74, 6) is 1.04. The van der Waals surface area contributed by atoms with Gasteiger partial charge in [-0.15, -0.1) is 5.10 Å². The average Bonchev–Trinajstić information content (AvgIpc) is 3.14. The number of ether oxygens (including phenoxy) is 1. The summed E-state index contributed by atoms with van der Waals surface area (Å²) in [5.41, 5.74) is 2.34. The number of aromatic hydroxyl groups is 1. The fourth-order valence-corrected chi connectivity index (χ4v) is 2.62. The van der Waals surface area contributed by atoms with E-state index in [9.17, 15) is 9.90 Å². The molecule has 2 N–H and O–H groups in total. The van der Waals surface area contributed by atoms with Gasteiger partial charge in [0.2, 0.25) is 0 Å². The molecule has 7 heteroatoms. The molecule has 1 atom stereocenters. The van der Waals surface area contributed by atoms with Crippen molar-refractivity contribution in [2.24, 2.45) is 5.92 Å². The highest BCUT2D eigenvalue weighted by Gasteiger charge is 2.12. The molecule has 0 fully saturated rings. The summed E-state index contributed by atoms with van der Waals surface area (Å²) in [6.07, 6.45) is 1.81. The Morgan fingerprint density at radius 1 is 1.17 bits per heavy atom. The molecule has 0 saturated heterocycles. The van der Waals surface area contributed by atoms with Crippen LogP contribution in [0.25, 0.3) is 0 Å². The molecule has 0 saturated carbocycles. The number of carbonyl (C=O) groups excluding carboxylic acids is 1. The number of benzene rings is 2. The lowest BCUT2D eigenvalue weighted by Crippen LogP contribution is -2.36. The van der Waals surface area contributed by atoms with E-state index in [1.54, 1.807) is 28.9 Å². The van der Waals surface area contributed by atoms with Gasteiger partial charge in [0.1, 0.15) is 23.8 Å². The van der Waals surface area contributed by atoms with Crippen LogP contribution in [0.3, 0.4) is 0 Å². The topological polar surface area (TPSA) is 89.3 Å². The van der Waals surface area contributed by atoms with Gasteiger partial charge in [-0.25, -0.2) is 4.68 Å². The molecule has 0 bridgehead atoms. The molecule has 152 valence electrons. The number of carbonyl (C=O) groups is 1. The molecule has 0 aliphatic heterocycles. The average molecular weight is 394 g/mol. The molecule has 1 unspecified atom stereocenters. The van der Waals surface area contributed by atoms with E-state index < -0.39 is 0 Å². The predicted molar refractivity (Wildman–Crippen MR) is 110 cm³/mol. The van der Waals surface area contributed by atoms with E-state index in [2.05, 4.69) is 29.5 Å². The SMILES string of the molecule is CC(C)C(C)NC(=O)c1ccc(Cn2cc(COc3cccc(O)c3)nn2)cc1. The minimum Gasteiger partial charge on any atom is -0.508 e. The highest BCUT2D eigenvalue weighted by atomic mass is 16.5. The normalized spacial score (nSPS) is 12.0. The summed E-state index contributed by atoms with van der Waals surface area (Å²) in [6.45, 7) is 6.97. The number of phenols is 1. The minimum atomic E-state index is -0.0649. The first-order chi connectivity index (χ1) is 13.9. The molecule has 1 heterocycles. The Morgan fingerprint density at radius 3 is 2.62 bits per heavy atom. The zero-order chi connectivity index (χ0) is 20.8. The molecule has 0 aliphatic rings. The monoisotopic (exact) mass is 394 g/mol. The molecular weight excluding hydrogens is 368 g/mol. The number of nitrogens with one attached hydrogen (secondary N) is 1. The highest BCUT2D eigenvalue weighted by Crippen LogP contribution is 2.18. The van der Waals surface area contributed by atoms with Crippen LogP contribution >= 0.6 is 0 Å². The fourth-order valence-electron chi connectivity index (χ4n) is 2.62. The molecule has 1 aromatic heterocycles. The van der Waals surface area contributed by atoms with Gasteiger partial charge in [0.25, 0.3) is 5.91 Å². The van der Waals surface area contributed by atoms with Gasteiger partial charge in [0.15, 0.2) is 0 Å². The number of hydrogen-bond acceptors (Lipinski definition) is 5. The maximum atomic E-state index is 12.3. The predicted octanol–water partition coefficient (Wildman–Crippen LogP) is 3.39. The Balaban J connectivity index is 1.55. The summed E-state index contributed by atoms with van der Waals surface area (Å²) in [4.78, 5) is 12.3. The Hall–Kier alpha value is -3.35. The molecule has 3 aromatic rings. The molecule has 7 nitrogen and oxygen atoms in total. The number of amides is 1. The van der Waals surface area contributed by atoms with E-state index in [0.29, 0.717) is 29.5 Å². The zero-order valence-corrected chi connectivity index (χ0v) is 16.9. The first kappa shape index (κ1) is 20.4. The fraction of sp³-hybridized carbons (Fsp3) is 0.318. The van der Waals surface area contributed by atoms with Crippen LogP contribution in [0.5, 0.6) is 11.5 Å². The van der Waals surface area contributed by atoms with Crippen molar-refractivity contribution in [3.05, 3.63) is 71.5 Å². The molecule has 0 spiro atoms. The molecule has 0 radical (unpaired) electrons. The molecular formula is C22H26N4O3. The molecule has 0 aliphatic carbocycles. The summed E-state index contributed by atoms with van der Waals surface area (Å²) in [5, 5.41) is 20.7. The van der Waals surface area contributed by atoms with Crippen LogP contribution in [0.4, 0.5) is 0 Å². The number of nitrogens with zero attached hydrogens (tertiary/aromatic N) is 3. The maximum Gasteiger partial charge on any atom is 0.251 e. The third kappa shape index (κ3) is 5.81. The van der Waals surface area contributed by atoms with E-state index in [-0.39, 0.29) is 24.3 Å². The van der Waals surface area contributed by atoms with Crippen molar-refractivity contribution >= 4 is 5.91 Å². The summed E-state index contributed by atoms with van der Waals surface area (Å²) in [6, 6.07) is 14.2. The van der Waals surface area contributed by atoms with Crippen molar-refractivity contribution in [1.29, 1.82) is 0 Å². The summed E-state index contributed by atoms with van der Waals surface area (Å²) >= 11 is 0.